The molecule has 7 unspecified atom stereocenters. The lowest BCUT2D eigenvalue weighted by atomic mass is 9.45. The lowest BCUT2D eigenvalue weighted by Crippen LogP contribution is -2.64. The standard InChI is InChI=1S/C22H29FO5/c1-12-8-16-15-5-4-13-9-14(25)10-17(26)20(13,3)21(15,23)7-6-19(16,2)22(12,28)18(27)11-24/h9-10,12,15-16,24,26,28H,4-8,11H2,1-3H3. The quantitative estimate of drug-likeness (QED) is 0.672. The minimum atomic E-state index is -1.75. The van der Waals surface area contributed by atoms with E-state index < -0.39 is 40.4 Å². The van der Waals surface area contributed by atoms with Crippen molar-refractivity contribution >= 4 is 11.6 Å². The summed E-state index contributed by atoms with van der Waals surface area (Å²) in [6.07, 6.45) is 4.43. The molecule has 4 rings (SSSR count). The molecule has 154 valence electrons. The largest absolute Gasteiger partial charge is 0.511 e. The van der Waals surface area contributed by atoms with E-state index in [1.807, 2.05) is 6.92 Å². The topological polar surface area (TPSA) is 94.8 Å². The Morgan fingerprint density at radius 1 is 1.25 bits per heavy atom. The van der Waals surface area contributed by atoms with Gasteiger partial charge in [0.25, 0.3) is 0 Å². The minimum Gasteiger partial charge on any atom is -0.511 e. The Morgan fingerprint density at radius 2 is 1.93 bits per heavy atom. The van der Waals surface area contributed by atoms with Crippen LogP contribution < -0.4 is 0 Å². The van der Waals surface area contributed by atoms with Gasteiger partial charge in [-0.15, -0.1) is 0 Å². The maximum absolute atomic E-state index is 16.8. The molecule has 3 saturated carbocycles. The van der Waals surface area contributed by atoms with Crippen molar-refractivity contribution in [2.24, 2.45) is 28.6 Å². The number of carbonyl (C=O) groups excluding carboxylic acids is 2. The van der Waals surface area contributed by atoms with E-state index in [9.17, 15) is 24.9 Å². The Hall–Kier alpha value is -1.53. The summed E-state index contributed by atoms with van der Waals surface area (Å²) in [5.41, 5.74) is -4.88. The molecule has 3 fully saturated rings. The molecule has 5 nitrogen and oxygen atoms in total. The van der Waals surface area contributed by atoms with Gasteiger partial charge >= 0.3 is 0 Å². The molecule has 0 amide bonds. The van der Waals surface area contributed by atoms with Crippen LogP contribution in [0.1, 0.15) is 52.9 Å². The van der Waals surface area contributed by atoms with Crippen molar-refractivity contribution in [2.75, 3.05) is 6.61 Å². The Labute approximate surface area is 164 Å². The molecule has 0 aromatic heterocycles. The first-order chi connectivity index (χ1) is 13.0. The highest BCUT2D eigenvalue weighted by atomic mass is 19.1. The highest BCUT2D eigenvalue weighted by molar-refractivity contribution is 6.01. The maximum Gasteiger partial charge on any atom is 0.190 e. The smallest absolute Gasteiger partial charge is 0.190 e. The fourth-order valence-electron chi connectivity index (χ4n) is 7.27. The number of carbonyl (C=O) groups is 2. The van der Waals surface area contributed by atoms with Crippen LogP contribution in [-0.2, 0) is 9.59 Å². The van der Waals surface area contributed by atoms with Gasteiger partial charge in [0.2, 0.25) is 0 Å². The van der Waals surface area contributed by atoms with Gasteiger partial charge in [-0.05, 0) is 68.4 Å². The van der Waals surface area contributed by atoms with Crippen molar-refractivity contribution in [3.8, 4) is 0 Å². The van der Waals surface area contributed by atoms with Crippen molar-refractivity contribution in [1.29, 1.82) is 0 Å². The van der Waals surface area contributed by atoms with Crippen LogP contribution in [0.4, 0.5) is 4.39 Å². The van der Waals surface area contributed by atoms with E-state index in [0.717, 1.165) is 6.08 Å². The second kappa shape index (κ2) is 5.76. The monoisotopic (exact) mass is 392 g/mol. The van der Waals surface area contributed by atoms with Crippen LogP contribution in [-0.4, -0.2) is 44.8 Å². The summed E-state index contributed by atoms with van der Waals surface area (Å²) >= 11 is 0. The third-order valence-electron chi connectivity index (χ3n) is 8.97. The van der Waals surface area contributed by atoms with Crippen LogP contribution in [0.2, 0.25) is 0 Å². The van der Waals surface area contributed by atoms with Gasteiger partial charge < -0.3 is 15.3 Å². The number of Topliss-reactive ketones (excluding diaryl/α,β-unsaturated/α-hetero) is 1. The van der Waals surface area contributed by atoms with Crippen molar-refractivity contribution in [1.82, 2.24) is 0 Å². The molecule has 4 aliphatic carbocycles. The average molecular weight is 392 g/mol. The highest BCUT2D eigenvalue weighted by Crippen LogP contribution is 2.71. The van der Waals surface area contributed by atoms with Crippen molar-refractivity contribution < 1.29 is 29.3 Å². The summed E-state index contributed by atoms with van der Waals surface area (Å²) in [6, 6.07) is 0. The van der Waals surface area contributed by atoms with Gasteiger partial charge in [0.15, 0.2) is 11.6 Å². The van der Waals surface area contributed by atoms with Gasteiger partial charge in [0.1, 0.15) is 23.6 Å². The molecule has 3 N–H and O–H groups in total. The van der Waals surface area contributed by atoms with E-state index in [1.165, 1.54) is 6.08 Å². The molecule has 0 aromatic carbocycles. The summed E-state index contributed by atoms with van der Waals surface area (Å²) in [7, 11) is 0. The minimum absolute atomic E-state index is 0.0817. The number of fused-ring (bicyclic) bond motifs is 5. The molecule has 0 aromatic rings. The molecule has 4 aliphatic rings. The van der Waals surface area contributed by atoms with Crippen LogP contribution in [0.5, 0.6) is 0 Å². The van der Waals surface area contributed by atoms with E-state index >= 15 is 4.39 Å². The number of rotatable bonds is 2. The molecular weight excluding hydrogens is 363 g/mol. The van der Waals surface area contributed by atoms with Crippen molar-refractivity contribution in [3.05, 3.63) is 23.5 Å². The molecule has 6 heteroatoms. The van der Waals surface area contributed by atoms with Gasteiger partial charge in [-0.2, -0.15) is 0 Å². The normalized spacial score (nSPS) is 50.2. The van der Waals surface area contributed by atoms with Gasteiger partial charge in [-0.3, -0.25) is 9.59 Å². The van der Waals surface area contributed by atoms with E-state index in [0.29, 0.717) is 24.8 Å². The number of halogens is 1. The summed E-state index contributed by atoms with van der Waals surface area (Å²) in [4.78, 5) is 24.4. The molecular formula is C22H29FO5. The van der Waals surface area contributed by atoms with Crippen LogP contribution in [0.15, 0.2) is 23.5 Å². The number of allylic oxidation sites excluding steroid dienone is 3. The second-order valence-corrected chi connectivity index (χ2v) is 9.74. The Bertz CT molecular complexity index is 818. The molecule has 0 heterocycles. The first-order valence-electron chi connectivity index (χ1n) is 10.2. The molecule has 0 radical (unpaired) electrons. The van der Waals surface area contributed by atoms with Crippen molar-refractivity contribution in [2.45, 2.75) is 64.1 Å². The number of hydrogen-bond donors (Lipinski definition) is 3. The summed E-state index contributed by atoms with van der Waals surface area (Å²) in [6.45, 7) is 4.59. The van der Waals surface area contributed by atoms with Gasteiger partial charge in [-0.1, -0.05) is 13.8 Å². The fraction of sp³-hybridized carbons (Fsp3) is 0.727. The predicted molar refractivity (Wildman–Crippen MR) is 100 cm³/mol. The zero-order valence-corrected chi connectivity index (χ0v) is 16.7. The number of alkyl halides is 1. The SMILES string of the molecule is CC1CC2C3CCC4=CC(=O)C=C(O)C4(C)C3(F)CCC2(C)C1(O)C(=O)CO. The van der Waals surface area contributed by atoms with Gasteiger partial charge in [0, 0.05) is 11.5 Å². The molecule has 0 saturated heterocycles. The van der Waals surface area contributed by atoms with Gasteiger partial charge in [0.05, 0.1) is 5.41 Å². The molecule has 0 aliphatic heterocycles. The first-order valence-corrected chi connectivity index (χ1v) is 10.2. The summed E-state index contributed by atoms with van der Waals surface area (Å²) in [5, 5.41) is 31.5. The lowest BCUT2D eigenvalue weighted by Gasteiger charge is -2.61. The summed E-state index contributed by atoms with van der Waals surface area (Å²) in [5.74, 6) is -2.20. The Balaban J connectivity index is 1.81. The third-order valence-corrected chi connectivity index (χ3v) is 8.97. The number of ketones is 2. The van der Waals surface area contributed by atoms with Crippen LogP contribution >= 0.6 is 0 Å². The fourth-order valence-corrected chi connectivity index (χ4v) is 7.27. The number of aliphatic hydroxyl groups excluding tert-OH is 2. The predicted octanol–water partition coefficient (Wildman–Crippen LogP) is 2.81. The van der Waals surface area contributed by atoms with E-state index in [-0.39, 0.29) is 36.2 Å². The summed E-state index contributed by atoms with van der Waals surface area (Å²) < 4.78 is 16.8. The van der Waals surface area contributed by atoms with Crippen LogP contribution in [0.25, 0.3) is 0 Å². The number of hydrogen-bond acceptors (Lipinski definition) is 5. The second-order valence-electron chi connectivity index (χ2n) is 9.74. The van der Waals surface area contributed by atoms with Crippen LogP contribution in [0.3, 0.4) is 0 Å². The zero-order valence-electron chi connectivity index (χ0n) is 16.7. The van der Waals surface area contributed by atoms with Crippen LogP contribution in [0, 0.1) is 28.6 Å². The zero-order chi connectivity index (χ0) is 20.7. The molecule has 0 spiro atoms. The first kappa shape index (κ1) is 19.8. The van der Waals surface area contributed by atoms with E-state index in [4.69, 9.17) is 0 Å². The number of aliphatic hydroxyl groups is 3. The third kappa shape index (κ3) is 1.98. The average Bonchev–Trinajstić information content (AvgIpc) is 2.85. The van der Waals surface area contributed by atoms with Gasteiger partial charge in [-0.25, -0.2) is 4.39 Å². The highest BCUT2D eigenvalue weighted by Gasteiger charge is 2.73. The molecule has 0 bridgehead atoms. The molecule has 28 heavy (non-hydrogen) atoms. The maximum atomic E-state index is 16.8. The Kier molecular flexibility index (Phi) is 4.07. The Morgan fingerprint density at radius 3 is 2.57 bits per heavy atom. The van der Waals surface area contributed by atoms with E-state index in [1.54, 1.807) is 13.8 Å². The van der Waals surface area contributed by atoms with Crippen molar-refractivity contribution in [3.63, 3.8) is 0 Å². The molecule has 7 atom stereocenters. The van der Waals surface area contributed by atoms with E-state index in [2.05, 4.69) is 0 Å². The lowest BCUT2D eigenvalue weighted by molar-refractivity contribution is -0.186.